The van der Waals surface area contributed by atoms with Crippen LogP contribution < -0.4 is 21.1 Å². The predicted octanol–water partition coefficient (Wildman–Crippen LogP) is 4.05. The standard InChI is InChI=1S/C26H21ClF2N6O5/c1-13-23(33-26(39)35(13)15-3-4-19(28)18(27)9-15)24(37)31-14-2-5-21(20(29)8-14)40-17-6-7-30-22(10-17)32-25(38)34-11-16(36)12-34/h2-10,16,36H,11-12H2,1H3,(H,31,37)(H,33,39)(H,30,32,38). The van der Waals surface area contributed by atoms with Crippen LogP contribution in [-0.4, -0.2) is 55.7 Å². The van der Waals surface area contributed by atoms with Gasteiger partial charge < -0.3 is 25.0 Å². The molecule has 0 atom stereocenters. The van der Waals surface area contributed by atoms with E-state index in [0.29, 0.717) is 0 Å². The summed E-state index contributed by atoms with van der Waals surface area (Å²) in [6, 6.07) is 9.88. The normalized spacial score (nSPS) is 13.1. The molecule has 2 aromatic carbocycles. The minimum absolute atomic E-state index is 0.0784. The van der Waals surface area contributed by atoms with Crippen molar-refractivity contribution < 1.29 is 28.2 Å². The third-order valence-electron chi connectivity index (χ3n) is 6.05. The topological polar surface area (TPSA) is 142 Å². The lowest BCUT2D eigenvalue weighted by Gasteiger charge is -2.35. The van der Waals surface area contributed by atoms with E-state index < -0.39 is 35.4 Å². The zero-order valence-corrected chi connectivity index (χ0v) is 21.5. The lowest BCUT2D eigenvalue weighted by molar-refractivity contribution is 0.0308. The van der Waals surface area contributed by atoms with Gasteiger partial charge in [0.25, 0.3) is 5.91 Å². The molecule has 0 saturated carbocycles. The molecule has 11 nitrogen and oxygen atoms in total. The van der Waals surface area contributed by atoms with Crippen LogP contribution in [0.15, 0.2) is 59.5 Å². The molecule has 1 saturated heterocycles. The number of H-pyrrole nitrogens is 1. The highest BCUT2D eigenvalue weighted by Gasteiger charge is 2.29. The van der Waals surface area contributed by atoms with Crippen LogP contribution in [0.4, 0.5) is 25.1 Å². The van der Waals surface area contributed by atoms with Crippen LogP contribution >= 0.6 is 11.6 Å². The minimum Gasteiger partial charge on any atom is -0.454 e. The highest BCUT2D eigenvalue weighted by atomic mass is 35.5. The number of amides is 3. The van der Waals surface area contributed by atoms with Gasteiger partial charge in [0, 0.05) is 24.0 Å². The number of hydrogen-bond donors (Lipinski definition) is 4. The molecule has 4 aromatic rings. The van der Waals surface area contributed by atoms with Gasteiger partial charge in [-0.3, -0.25) is 14.7 Å². The number of nitrogens with zero attached hydrogens (tertiary/aromatic N) is 3. The maximum Gasteiger partial charge on any atom is 0.330 e. The number of rotatable bonds is 6. The first-order valence-corrected chi connectivity index (χ1v) is 12.2. The predicted molar refractivity (Wildman–Crippen MR) is 141 cm³/mol. The summed E-state index contributed by atoms with van der Waals surface area (Å²) in [5.74, 6) is -1.94. The van der Waals surface area contributed by atoms with E-state index in [2.05, 4.69) is 20.6 Å². The molecule has 2 aromatic heterocycles. The highest BCUT2D eigenvalue weighted by Crippen LogP contribution is 2.28. The maximum atomic E-state index is 14.8. The Bertz CT molecular complexity index is 1680. The van der Waals surface area contributed by atoms with Gasteiger partial charge in [0.15, 0.2) is 11.6 Å². The SMILES string of the molecule is Cc1c(C(=O)Nc2ccc(Oc3ccnc(NC(=O)N4CC(O)C4)c3)c(F)c2)[nH]c(=O)n1-c1ccc(F)c(Cl)c1. The molecule has 3 amide bonds. The van der Waals surface area contributed by atoms with E-state index in [1.807, 2.05) is 0 Å². The fourth-order valence-electron chi connectivity index (χ4n) is 4.01. The Morgan fingerprint density at radius 2 is 1.88 bits per heavy atom. The molecule has 14 heteroatoms. The number of ether oxygens (including phenoxy) is 1. The summed E-state index contributed by atoms with van der Waals surface area (Å²) in [6.45, 7) is 1.96. The number of aliphatic hydroxyl groups excluding tert-OH is 1. The van der Waals surface area contributed by atoms with E-state index in [1.54, 1.807) is 0 Å². The first kappa shape index (κ1) is 26.8. The minimum atomic E-state index is -0.793. The van der Waals surface area contributed by atoms with E-state index in [9.17, 15) is 28.3 Å². The molecule has 1 aliphatic heterocycles. The lowest BCUT2D eigenvalue weighted by Crippen LogP contribution is -2.54. The van der Waals surface area contributed by atoms with Crippen molar-refractivity contribution in [3.05, 3.63) is 93.3 Å². The molecule has 5 rings (SSSR count). The monoisotopic (exact) mass is 570 g/mol. The van der Waals surface area contributed by atoms with Crippen molar-refractivity contribution in [3.8, 4) is 17.2 Å². The van der Waals surface area contributed by atoms with Gasteiger partial charge in [-0.25, -0.2) is 23.4 Å². The average Bonchev–Trinajstić information content (AvgIpc) is 3.19. The van der Waals surface area contributed by atoms with Gasteiger partial charge >= 0.3 is 11.7 Å². The summed E-state index contributed by atoms with van der Waals surface area (Å²) in [5.41, 5.74) is -0.139. The van der Waals surface area contributed by atoms with Crippen LogP contribution in [0.5, 0.6) is 11.5 Å². The van der Waals surface area contributed by atoms with Gasteiger partial charge in [-0.1, -0.05) is 11.6 Å². The number of aliphatic hydroxyl groups is 1. The first-order valence-electron chi connectivity index (χ1n) is 11.8. The second-order valence-corrected chi connectivity index (χ2v) is 9.30. The second kappa shape index (κ2) is 10.8. The smallest absolute Gasteiger partial charge is 0.330 e. The molecule has 0 unspecified atom stereocenters. The number of nitrogens with one attached hydrogen (secondary N) is 3. The molecule has 40 heavy (non-hydrogen) atoms. The Hall–Kier alpha value is -4.75. The summed E-state index contributed by atoms with van der Waals surface area (Å²) in [6.07, 6.45) is 0.829. The summed E-state index contributed by atoms with van der Waals surface area (Å²) >= 11 is 5.82. The van der Waals surface area contributed by atoms with Crippen LogP contribution in [-0.2, 0) is 0 Å². The number of halogens is 3. The number of carbonyl (C=O) groups is 2. The molecular formula is C26H21ClF2N6O5. The second-order valence-electron chi connectivity index (χ2n) is 8.89. The number of anilines is 2. The molecule has 0 aliphatic carbocycles. The zero-order valence-electron chi connectivity index (χ0n) is 20.7. The summed E-state index contributed by atoms with van der Waals surface area (Å²) in [7, 11) is 0. The van der Waals surface area contributed by atoms with E-state index in [0.717, 1.165) is 16.7 Å². The number of imidazole rings is 1. The number of aromatic nitrogens is 3. The Kier molecular flexibility index (Phi) is 7.24. The average molecular weight is 571 g/mol. The van der Waals surface area contributed by atoms with Crippen LogP contribution in [0.2, 0.25) is 5.02 Å². The van der Waals surface area contributed by atoms with Crippen molar-refractivity contribution in [1.82, 2.24) is 19.4 Å². The molecule has 4 N–H and O–H groups in total. The van der Waals surface area contributed by atoms with Gasteiger partial charge in [-0.2, -0.15) is 0 Å². The molecular weight excluding hydrogens is 550 g/mol. The number of benzene rings is 2. The van der Waals surface area contributed by atoms with E-state index in [1.165, 1.54) is 54.4 Å². The Labute approximate surface area is 230 Å². The first-order chi connectivity index (χ1) is 19.1. The van der Waals surface area contributed by atoms with Gasteiger partial charge in [-0.05, 0) is 43.3 Å². The molecule has 0 radical (unpaired) electrons. The summed E-state index contributed by atoms with van der Waals surface area (Å²) in [4.78, 5) is 45.4. The number of urea groups is 1. The van der Waals surface area contributed by atoms with Crippen LogP contribution in [0.25, 0.3) is 5.69 Å². The van der Waals surface area contributed by atoms with Crippen LogP contribution in [0.1, 0.15) is 16.2 Å². The van der Waals surface area contributed by atoms with Crippen molar-refractivity contribution in [2.24, 2.45) is 0 Å². The van der Waals surface area contributed by atoms with Crippen molar-refractivity contribution in [3.63, 3.8) is 0 Å². The Balaban J connectivity index is 1.27. The number of β-amino-alcohol motifs (C(OH)–C–C–N with tert-alkyl or cyclic N) is 1. The number of hydrogen-bond acceptors (Lipinski definition) is 6. The largest absolute Gasteiger partial charge is 0.454 e. The molecule has 0 spiro atoms. The third kappa shape index (κ3) is 5.51. The Morgan fingerprint density at radius 3 is 2.58 bits per heavy atom. The van der Waals surface area contributed by atoms with E-state index in [-0.39, 0.29) is 58.2 Å². The lowest BCUT2D eigenvalue weighted by atomic mass is 10.2. The third-order valence-corrected chi connectivity index (χ3v) is 6.34. The zero-order chi connectivity index (χ0) is 28.6. The van der Waals surface area contributed by atoms with E-state index >= 15 is 0 Å². The van der Waals surface area contributed by atoms with Crippen molar-refractivity contribution in [2.45, 2.75) is 13.0 Å². The number of likely N-dealkylation sites (tertiary alicyclic amines) is 1. The van der Waals surface area contributed by atoms with Gasteiger partial charge in [-0.15, -0.1) is 0 Å². The number of carbonyl (C=O) groups excluding carboxylic acids is 2. The highest BCUT2D eigenvalue weighted by molar-refractivity contribution is 6.30. The quantitative estimate of drug-likeness (QED) is 0.275. The number of aromatic amines is 1. The van der Waals surface area contributed by atoms with Gasteiger partial charge in [0.2, 0.25) is 0 Å². The fraction of sp³-hybridized carbons (Fsp3) is 0.154. The summed E-state index contributed by atoms with van der Waals surface area (Å²) in [5, 5.41) is 14.2. The molecule has 0 bridgehead atoms. The van der Waals surface area contributed by atoms with Crippen molar-refractivity contribution in [1.29, 1.82) is 0 Å². The summed E-state index contributed by atoms with van der Waals surface area (Å²) < 4.78 is 35.1. The van der Waals surface area contributed by atoms with Crippen LogP contribution in [0.3, 0.4) is 0 Å². The molecule has 1 fully saturated rings. The Morgan fingerprint density at radius 1 is 1.10 bits per heavy atom. The number of pyridine rings is 1. The maximum absolute atomic E-state index is 14.8. The van der Waals surface area contributed by atoms with Gasteiger partial charge in [0.1, 0.15) is 23.1 Å². The van der Waals surface area contributed by atoms with Gasteiger partial charge in [0.05, 0.1) is 35.6 Å². The molecule has 3 heterocycles. The van der Waals surface area contributed by atoms with Crippen LogP contribution in [0, 0.1) is 18.6 Å². The van der Waals surface area contributed by atoms with E-state index in [4.69, 9.17) is 16.3 Å². The van der Waals surface area contributed by atoms with Crippen molar-refractivity contribution >= 4 is 35.0 Å². The van der Waals surface area contributed by atoms with Crippen molar-refractivity contribution in [2.75, 3.05) is 23.7 Å². The molecule has 206 valence electrons. The molecule has 1 aliphatic rings. The fourth-order valence-corrected chi connectivity index (χ4v) is 4.18.